The molecule has 2 N–H and O–H groups in total. The highest BCUT2D eigenvalue weighted by Crippen LogP contribution is 2.35. The summed E-state index contributed by atoms with van der Waals surface area (Å²) >= 11 is 0. The van der Waals surface area contributed by atoms with Crippen molar-refractivity contribution in [3.05, 3.63) is 65.5 Å². The smallest absolute Gasteiger partial charge is 0.218 e. The molecule has 3 heteroatoms. The van der Waals surface area contributed by atoms with Gasteiger partial charge in [-0.3, -0.25) is 0 Å². The Bertz CT molecular complexity index is 743. The SMILES string of the molecule is Cc1ccc(C2=C(NC3CCCCC3)Oc3ccccc3N2)cc1. The molecule has 2 aromatic rings. The third-order valence-electron chi connectivity index (χ3n) is 4.87. The van der Waals surface area contributed by atoms with E-state index in [0.717, 1.165) is 28.6 Å². The average Bonchev–Trinajstić information content (AvgIpc) is 2.63. The molecule has 24 heavy (non-hydrogen) atoms. The molecule has 0 spiro atoms. The van der Waals surface area contributed by atoms with Crippen LogP contribution in [-0.2, 0) is 0 Å². The van der Waals surface area contributed by atoms with Crippen LogP contribution in [0.5, 0.6) is 5.75 Å². The summed E-state index contributed by atoms with van der Waals surface area (Å²) in [4.78, 5) is 0. The third-order valence-corrected chi connectivity index (χ3v) is 4.87. The first kappa shape index (κ1) is 15.1. The molecule has 4 rings (SSSR count). The Morgan fingerprint density at radius 2 is 1.71 bits per heavy atom. The Kier molecular flexibility index (Phi) is 4.16. The van der Waals surface area contributed by atoms with Crippen LogP contribution in [0.25, 0.3) is 5.70 Å². The maximum absolute atomic E-state index is 6.24. The van der Waals surface area contributed by atoms with Crippen LogP contribution in [0.4, 0.5) is 5.69 Å². The highest BCUT2D eigenvalue weighted by molar-refractivity contribution is 5.83. The zero-order valence-corrected chi connectivity index (χ0v) is 14.1. The zero-order chi connectivity index (χ0) is 16.4. The molecule has 0 radical (unpaired) electrons. The molecule has 124 valence electrons. The standard InChI is InChI=1S/C21H24N2O/c1-15-11-13-16(14-12-15)20-21(22-17-7-3-2-4-8-17)24-19-10-6-5-9-18(19)23-20/h5-6,9-14,17,22-23H,2-4,7-8H2,1H3. The predicted octanol–water partition coefficient (Wildman–Crippen LogP) is 5.05. The summed E-state index contributed by atoms with van der Waals surface area (Å²) < 4.78 is 6.24. The lowest BCUT2D eigenvalue weighted by molar-refractivity contribution is 0.316. The molecule has 1 aliphatic heterocycles. The number of hydrogen-bond donors (Lipinski definition) is 2. The van der Waals surface area contributed by atoms with Crippen molar-refractivity contribution in [2.45, 2.75) is 45.1 Å². The minimum Gasteiger partial charge on any atom is -0.437 e. The molecular weight excluding hydrogens is 296 g/mol. The highest BCUT2D eigenvalue weighted by Gasteiger charge is 2.23. The number of fused-ring (bicyclic) bond motifs is 1. The number of nitrogens with one attached hydrogen (secondary N) is 2. The van der Waals surface area contributed by atoms with Gasteiger partial charge in [-0.1, -0.05) is 61.2 Å². The van der Waals surface area contributed by atoms with Crippen molar-refractivity contribution in [2.75, 3.05) is 5.32 Å². The van der Waals surface area contributed by atoms with Gasteiger partial charge in [0.15, 0.2) is 5.75 Å². The first-order valence-corrected chi connectivity index (χ1v) is 8.91. The van der Waals surface area contributed by atoms with Gasteiger partial charge in [0.05, 0.1) is 5.69 Å². The predicted molar refractivity (Wildman–Crippen MR) is 98.8 cm³/mol. The van der Waals surface area contributed by atoms with Gasteiger partial charge in [0.2, 0.25) is 5.88 Å². The maximum atomic E-state index is 6.24. The molecule has 0 unspecified atom stereocenters. The van der Waals surface area contributed by atoms with Gasteiger partial charge in [-0.2, -0.15) is 0 Å². The number of ether oxygens (including phenoxy) is 1. The summed E-state index contributed by atoms with van der Waals surface area (Å²) in [6.07, 6.45) is 6.39. The van der Waals surface area contributed by atoms with Crippen molar-refractivity contribution in [3.8, 4) is 5.75 Å². The molecule has 3 nitrogen and oxygen atoms in total. The van der Waals surface area contributed by atoms with E-state index < -0.39 is 0 Å². The summed E-state index contributed by atoms with van der Waals surface area (Å²) in [5.41, 5.74) is 4.45. The first-order valence-electron chi connectivity index (χ1n) is 8.91. The third kappa shape index (κ3) is 3.12. The number of benzene rings is 2. The van der Waals surface area contributed by atoms with Gasteiger partial charge >= 0.3 is 0 Å². The fraction of sp³-hybridized carbons (Fsp3) is 0.333. The monoisotopic (exact) mass is 320 g/mol. The van der Waals surface area contributed by atoms with Gasteiger partial charge in [-0.15, -0.1) is 0 Å². The largest absolute Gasteiger partial charge is 0.437 e. The molecule has 1 saturated carbocycles. The van der Waals surface area contributed by atoms with Gasteiger partial charge in [0, 0.05) is 11.6 Å². The van der Waals surface area contributed by atoms with E-state index in [1.807, 2.05) is 18.2 Å². The number of hydrogen-bond acceptors (Lipinski definition) is 3. The Morgan fingerprint density at radius 3 is 2.50 bits per heavy atom. The van der Waals surface area contributed by atoms with Crippen LogP contribution in [-0.4, -0.2) is 6.04 Å². The van der Waals surface area contributed by atoms with Crippen molar-refractivity contribution in [1.29, 1.82) is 0 Å². The van der Waals surface area contributed by atoms with Crippen molar-refractivity contribution < 1.29 is 4.74 Å². The molecule has 2 aliphatic rings. The van der Waals surface area contributed by atoms with E-state index in [0.29, 0.717) is 6.04 Å². The molecule has 1 aliphatic carbocycles. The number of aryl methyl sites for hydroxylation is 1. The topological polar surface area (TPSA) is 33.3 Å². The van der Waals surface area contributed by atoms with Gasteiger partial charge < -0.3 is 15.4 Å². The van der Waals surface area contributed by atoms with Crippen LogP contribution >= 0.6 is 0 Å². The van der Waals surface area contributed by atoms with E-state index >= 15 is 0 Å². The second-order valence-corrected chi connectivity index (χ2v) is 6.77. The van der Waals surface area contributed by atoms with Crippen LogP contribution < -0.4 is 15.4 Å². The van der Waals surface area contributed by atoms with E-state index in [4.69, 9.17) is 4.74 Å². The van der Waals surface area contributed by atoms with E-state index in [1.165, 1.54) is 37.7 Å². The van der Waals surface area contributed by atoms with Gasteiger partial charge in [0.25, 0.3) is 0 Å². The summed E-state index contributed by atoms with van der Waals surface area (Å²) in [6, 6.07) is 17.2. The fourth-order valence-electron chi connectivity index (χ4n) is 3.47. The average molecular weight is 320 g/mol. The van der Waals surface area contributed by atoms with Crippen molar-refractivity contribution >= 4 is 11.4 Å². The minimum absolute atomic E-state index is 0.501. The lowest BCUT2D eigenvalue weighted by Crippen LogP contribution is -2.35. The minimum atomic E-state index is 0.501. The van der Waals surface area contributed by atoms with Gasteiger partial charge in [-0.05, 0) is 31.9 Å². The molecule has 0 aromatic heterocycles. The van der Waals surface area contributed by atoms with Gasteiger partial charge in [0.1, 0.15) is 5.70 Å². The van der Waals surface area contributed by atoms with E-state index in [2.05, 4.69) is 47.9 Å². The fourth-order valence-corrected chi connectivity index (χ4v) is 3.47. The molecule has 1 heterocycles. The van der Waals surface area contributed by atoms with E-state index in [-0.39, 0.29) is 0 Å². The van der Waals surface area contributed by atoms with Gasteiger partial charge in [-0.25, -0.2) is 0 Å². The molecular formula is C21H24N2O. The van der Waals surface area contributed by atoms with Crippen molar-refractivity contribution in [2.24, 2.45) is 0 Å². The molecule has 0 bridgehead atoms. The lowest BCUT2D eigenvalue weighted by atomic mass is 9.95. The van der Waals surface area contributed by atoms with Crippen molar-refractivity contribution in [1.82, 2.24) is 5.32 Å². The number of anilines is 1. The van der Waals surface area contributed by atoms with Crippen LogP contribution in [0.3, 0.4) is 0 Å². The van der Waals surface area contributed by atoms with Crippen LogP contribution in [0.15, 0.2) is 54.4 Å². The normalized spacial score (nSPS) is 17.7. The van der Waals surface area contributed by atoms with Crippen LogP contribution in [0.1, 0.15) is 43.2 Å². The maximum Gasteiger partial charge on any atom is 0.218 e. The number of para-hydroxylation sites is 2. The van der Waals surface area contributed by atoms with Crippen molar-refractivity contribution in [3.63, 3.8) is 0 Å². The summed E-state index contributed by atoms with van der Waals surface area (Å²) in [5.74, 6) is 1.73. The second kappa shape index (κ2) is 6.60. The van der Waals surface area contributed by atoms with Crippen LogP contribution in [0.2, 0.25) is 0 Å². The Balaban J connectivity index is 1.68. The summed E-state index contributed by atoms with van der Waals surface area (Å²) in [5, 5.41) is 7.22. The first-order chi connectivity index (χ1) is 11.8. The Labute approximate surface area is 143 Å². The quantitative estimate of drug-likeness (QED) is 0.830. The molecule has 1 fully saturated rings. The van der Waals surface area contributed by atoms with E-state index in [9.17, 15) is 0 Å². The lowest BCUT2D eigenvalue weighted by Gasteiger charge is -2.30. The summed E-state index contributed by atoms with van der Waals surface area (Å²) in [7, 11) is 0. The summed E-state index contributed by atoms with van der Waals surface area (Å²) in [6.45, 7) is 2.11. The molecule has 2 aromatic carbocycles. The molecule has 0 amide bonds. The Morgan fingerprint density at radius 1 is 0.958 bits per heavy atom. The van der Waals surface area contributed by atoms with Crippen LogP contribution in [0, 0.1) is 6.92 Å². The number of rotatable bonds is 3. The Hall–Kier alpha value is -2.42. The second-order valence-electron chi connectivity index (χ2n) is 6.77. The highest BCUT2D eigenvalue weighted by atomic mass is 16.5. The molecule has 0 saturated heterocycles. The molecule has 0 atom stereocenters. The van der Waals surface area contributed by atoms with E-state index in [1.54, 1.807) is 0 Å². The zero-order valence-electron chi connectivity index (χ0n) is 14.1.